The van der Waals surface area contributed by atoms with Gasteiger partial charge in [-0.25, -0.2) is 4.68 Å². The Labute approximate surface area is 168 Å². The zero-order chi connectivity index (χ0) is 20.8. The van der Waals surface area contributed by atoms with E-state index in [0.717, 1.165) is 0 Å². The van der Waals surface area contributed by atoms with E-state index in [-0.39, 0.29) is 29.9 Å². The van der Waals surface area contributed by atoms with Crippen LogP contribution in [0.15, 0.2) is 42.4 Å². The molecule has 1 amide bonds. The van der Waals surface area contributed by atoms with E-state index < -0.39 is 0 Å². The summed E-state index contributed by atoms with van der Waals surface area (Å²) in [7, 11) is 1.45. The number of aliphatic hydroxyl groups is 1. The summed E-state index contributed by atoms with van der Waals surface area (Å²) in [5.74, 6) is 0.200. The van der Waals surface area contributed by atoms with Gasteiger partial charge >= 0.3 is 0 Å². The summed E-state index contributed by atoms with van der Waals surface area (Å²) in [6, 6.07) is 5.11. The van der Waals surface area contributed by atoms with Crippen LogP contribution in [-0.2, 0) is 16.1 Å². The van der Waals surface area contributed by atoms with E-state index in [1.165, 1.54) is 23.9 Å². The molecule has 10 heteroatoms. The molecule has 10 nitrogen and oxygen atoms in total. The van der Waals surface area contributed by atoms with E-state index in [4.69, 9.17) is 20.9 Å². The summed E-state index contributed by atoms with van der Waals surface area (Å²) in [6.07, 6.45) is 4.58. The highest BCUT2D eigenvalue weighted by molar-refractivity contribution is 5.93. The Morgan fingerprint density at radius 2 is 2.07 bits per heavy atom. The smallest absolute Gasteiger partial charge is 0.274 e. The topological polar surface area (TPSA) is 142 Å². The summed E-state index contributed by atoms with van der Waals surface area (Å²) in [6.45, 7) is 1.88. The maximum Gasteiger partial charge on any atom is 0.274 e. The number of hydrogen-bond acceptors (Lipinski definition) is 8. The van der Waals surface area contributed by atoms with Crippen molar-refractivity contribution in [2.45, 2.75) is 6.61 Å². The van der Waals surface area contributed by atoms with Gasteiger partial charge in [0.1, 0.15) is 5.82 Å². The lowest BCUT2D eigenvalue weighted by atomic mass is 10.2. The van der Waals surface area contributed by atoms with Crippen molar-refractivity contribution in [2.24, 2.45) is 11.5 Å². The highest BCUT2D eigenvalue weighted by Crippen LogP contribution is 2.22. The summed E-state index contributed by atoms with van der Waals surface area (Å²) < 4.78 is 11.6. The van der Waals surface area contributed by atoms with Crippen LogP contribution in [0, 0.1) is 0 Å². The van der Waals surface area contributed by atoms with E-state index in [2.05, 4.69) is 10.1 Å². The van der Waals surface area contributed by atoms with Crippen LogP contribution >= 0.6 is 0 Å². The van der Waals surface area contributed by atoms with Gasteiger partial charge in [-0.15, -0.1) is 0 Å². The number of morpholine rings is 1. The average molecular weight is 400 g/mol. The molecule has 5 N–H and O–H groups in total. The molecule has 1 saturated heterocycles. The first-order valence-electron chi connectivity index (χ1n) is 9.04. The molecule has 0 aromatic carbocycles. The van der Waals surface area contributed by atoms with E-state index >= 15 is 0 Å². The molecule has 1 fully saturated rings. The summed E-state index contributed by atoms with van der Waals surface area (Å²) >= 11 is 0. The van der Waals surface area contributed by atoms with Crippen molar-refractivity contribution < 1.29 is 19.4 Å². The fourth-order valence-electron chi connectivity index (χ4n) is 2.77. The minimum atomic E-state index is -0.208. The molecule has 0 bridgehead atoms. The number of pyridine rings is 1. The van der Waals surface area contributed by atoms with Gasteiger partial charge in [0.25, 0.3) is 5.91 Å². The third-order valence-electron chi connectivity index (χ3n) is 4.40. The molecule has 3 heterocycles. The zero-order valence-electron chi connectivity index (χ0n) is 16.1. The van der Waals surface area contributed by atoms with Gasteiger partial charge in [0.05, 0.1) is 38.3 Å². The average Bonchev–Trinajstić information content (AvgIpc) is 3.22. The van der Waals surface area contributed by atoms with Gasteiger partial charge in [0.15, 0.2) is 11.6 Å². The van der Waals surface area contributed by atoms with Crippen molar-refractivity contribution in [3.8, 4) is 11.4 Å². The predicted molar refractivity (Wildman–Crippen MR) is 106 cm³/mol. The van der Waals surface area contributed by atoms with Gasteiger partial charge in [0, 0.05) is 25.4 Å². The molecule has 0 saturated carbocycles. The van der Waals surface area contributed by atoms with Crippen LogP contribution in [0.3, 0.4) is 0 Å². The number of allylic oxidation sites excluding steroid dienone is 2. The van der Waals surface area contributed by atoms with Gasteiger partial charge in [-0.2, -0.15) is 5.10 Å². The van der Waals surface area contributed by atoms with E-state index in [1.54, 1.807) is 29.3 Å². The van der Waals surface area contributed by atoms with Crippen molar-refractivity contribution in [3.05, 3.63) is 53.7 Å². The molecular weight excluding hydrogens is 376 g/mol. The number of aromatic nitrogens is 3. The molecule has 3 rings (SSSR count). The van der Waals surface area contributed by atoms with E-state index in [0.29, 0.717) is 43.3 Å². The van der Waals surface area contributed by atoms with Crippen LogP contribution in [0.25, 0.3) is 17.2 Å². The Morgan fingerprint density at radius 3 is 2.69 bits per heavy atom. The molecule has 1 aliphatic rings. The monoisotopic (exact) mass is 400 g/mol. The first-order valence-corrected chi connectivity index (χ1v) is 9.04. The van der Waals surface area contributed by atoms with Crippen LogP contribution in [0.5, 0.6) is 0 Å². The van der Waals surface area contributed by atoms with Crippen molar-refractivity contribution in [1.29, 1.82) is 0 Å². The Hall–Kier alpha value is -3.37. The number of aliphatic hydroxyl groups excluding tert-OH is 1. The van der Waals surface area contributed by atoms with Crippen molar-refractivity contribution >= 4 is 11.7 Å². The third kappa shape index (κ3) is 4.73. The molecule has 154 valence electrons. The number of carbonyl (C=O) groups excluding carboxylic acids is 1. The van der Waals surface area contributed by atoms with Gasteiger partial charge in [-0.05, 0) is 23.8 Å². The number of carbonyl (C=O) groups is 1. The Balaban J connectivity index is 2.01. The molecule has 0 spiro atoms. The van der Waals surface area contributed by atoms with Crippen LogP contribution < -0.4 is 11.5 Å². The molecule has 2 aromatic rings. The number of nitrogens with zero attached hydrogens (tertiary/aromatic N) is 4. The molecule has 0 unspecified atom stereocenters. The first-order chi connectivity index (χ1) is 14.0. The fourth-order valence-corrected chi connectivity index (χ4v) is 2.77. The Bertz CT molecular complexity index is 913. The number of ether oxygens (including phenoxy) is 2. The minimum absolute atomic E-state index is 0.115. The highest BCUT2D eigenvalue weighted by atomic mass is 16.5. The molecule has 2 aromatic heterocycles. The fraction of sp³-hybridized carbons (Fsp3) is 0.316. The standard InChI is InChI=1S/C19H24N6O4/c1-28-18(21)5-4-17(20)25-16(14-3-2-13(12-26)11-22-14)10-15(23-25)19(27)24-6-8-29-9-7-24/h2-5,10-11,26H,6-9,12,20-21H2,1H3/b17-4+,18-5+. The normalized spacial score (nSPS) is 15.4. The molecular formula is C19H24N6O4. The second-order valence-corrected chi connectivity index (χ2v) is 6.31. The summed E-state index contributed by atoms with van der Waals surface area (Å²) in [5, 5.41) is 13.6. The van der Waals surface area contributed by atoms with Gasteiger partial charge < -0.3 is 30.9 Å². The van der Waals surface area contributed by atoms with Crippen molar-refractivity contribution in [3.63, 3.8) is 0 Å². The maximum absolute atomic E-state index is 12.9. The maximum atomic E-state index is 12.9. The second kappa shape index (κ2) is 9.22. The Kier molecular flexibility index (Phi) is 6.47. The number of nitrogens with two attached hydrogens (primary N) is 2. The summed E-state index contributed by atoms with van der Waals surface area (Å²) in [5.41, 5.74) is 13.8. The lowest BCUT2D eigenvalue weighted by Crippen LogP contribution is -2.40. The lowest BCUT2D eigenvalue weighted by molar-refractivity contribution is 0.0298. The van der Waals surface area contributed by atoms with Gasteiger partial charge in [-0.1, -0.05) is 6.07 Å². The zero-order valence-corrected chi connectivity index (χ0v) is 16.1. The molecule has 0 radical (unpaired) electrons. The van der Waals surface area contributed by atoms with E-state index in [1.807, 2.05) is 0 Å². The van der Waals surface area contributed by atoms with Crippen LogP contribution in [0.1, 0.15) is 16.1 Å². The number of methoxy groups -OCH3 is 1. The van der Waals surface area contributed by atoms with Crippen LogP contribution in [0.4, 0.5) is 0 Å². The van der Waals surface area contributed by atoms with E-state index in [9.17, 15) is 9.90 Å². The quantitative estimate of drug-likeness (QED) is 0.458. The van der Waals surface area contributed by atoms with Crippen LogP contribution in [-0.4, -0.2) is 64.1 Å². The highest BCUT2D eigenvalue weighted by Gasteiger charge is 2.23. The number of amides is 1. The largest absolute Gasteiger partial charge is 0.483 e. The molecule has 29 heavy (non-hydrogen) atoms. The third-order valence-corrected chi connectivity index (χ3v) is 4.40. The Morgan fingerprint density at radius 1 is 1.31 bits per heavy atom. The van der Waals surface area contributed by atoms with Crippen molar-refractivity contribution in [1.82, 2.24) is 19.7 Å². The molecule has 0 atom stereocenters. The summed E-state index contributed by atoms with van der Waals surface area (Å²) in [4.78, 5) is 18.9. The first kappa shape index (κ1) is 20.4. The second-order valence-electron chi connectivity index (χ2n) is 6.31. The van der Waals surface area contributed by atoms with Gasteiger partial charge in [0.2, 0.25) is 0 Å². The van der Waals surface area contributed by atoms with Crippen molar-refractivity contribution in [2.75, 3.05) is 33.4 Å². The van der Waals surface area contributed by atoms with Crippen LogP contribution in [0.2, 0.25) is 0 Å². The predicted octanol–water partition coefficient (Wildman–Crippen LogP) is 0.113. The van der Waals surface area contributed by atoms with Gasteiger partial charge in [-0.3, -0.25) is 9.78 Å². The molecule has 0 aliphatic carbocycles. The minimum Gasteiger partial charge on any atom is -0.483 e. The SMILES string of the molecule is CO/C(N)=C/C=C(\N)n1nc(C(=O)N2CCOCC2)cc1-c1ccc(CO)cn1. The molecule has 1 aliphatic heterocycles. The lowest BCUT2D eigenvalue weighted by Gasteiger charge is -2.25. The number of rotatable bonds is 6. The number of hydrogen-bond donors (Lipinski definition) is 3.